The maximum atomic E-state index is 12.2. The summed E-state index contributed by atoms with van der Waals surface area (Å²) in [5.41, 5.74) is 2.59. The summed E-state index contributed by atoms with van der Waals surface area (Å²) in [6.07, 6.45) is 7.22. The van der Waals surface area contributed by atoms with Crippen LogP contribution in [-0.4, -0.2) is 5.91 Å². The van der Waals surface area contributed by atoms with E-state index in [1.165, 1.54) is 5.57 Å². The molecule has 2 nitrogen and oxygen atoms in total. The standard InChI is InChI=1S/C15H15Cl2NO.C2H6/c1-10-5-3-2-4-6-14(10)18-15(19)11-7-8-12(16)13(17)9-11;1-2/h4,6-9H,2-3,5H2,1H3,(H,18,19);1-2H3. The molecular formula is C17H21Cl2NO. The van der Waals surface area contributed by atoms with E-state index in [9.17, 15) is 4.79 Å². The summed E-state index contributed by atoms with van der Waals surface area (Å²) >= 11 is 11.8. The number of hydrogen-bond donors (Lipinski definition) is 1. The number of benzene rings is 1. The second-order valence-corrected chi connectivity index (χ2v) is 5.39. The number of rotatable bonds is 2. The Labute approximate surface area is 136 Å². The first kappa shape index (κ1) is 17.8. The lowest BCUT2D eigenvalue weighted by Crippen LogP contribution is -2.22. The van der Waals surface area contributed by atoms with Crippen molar-refractivity contribution in [3.05, 3.63) is 57.2 Å². The van der Waals surface area contributed by atoms with Gasteiger partial charge in [-0.05, 0) is 56.0 Å². The molecule has 1 aliphatic rings. The molecule has 0 fully saturated rings. The topological polar surface area (TPSA) is 29.1 Å². The third kappa shape index (κ3) is 5.22. The van der Waals surface area contributed by atoms with Crippen molar-refractivity contribution in [2.24, 2.45) is 0 Å². The van der Waals surface area contributed by atoms with E-state index in [2.05, 4.69) is 11.4 Å². The fourth-order valence-corrected chi connectivity index (χ4v) is 2.24. The van der Waals surface area contributed by atoms with Crippen molar-refractivity contribution < 1.29 is 4.79 Å². The second kappa shape index (κ2) is 8.91. The van der Waals surface area contributed by atoms with Gasteiger partial charge in [0.1, 0.15) is 0 Å². The second-order valence-electron chi connectivity index (χ2n) is 4.57. The maximum Gasteiger partial charge on any atom is 0.255 e. The third-order valence-corrected chi connectivity index (χ3v) is 3.84. The zero-order chi connectivity index (χ0) is 15.8. The van der Waals surface area contributed by atoms with Crippen LogP contribution in [-0.2, 0) is 0 Å². The first-order valence-electron chi connectivity index (χ1n) is 7.20. The van der Waals surface area contributed by atoms with Crippen molar-refractivity contribution in [3.8, 4) is 0 Å². The SMILES string of the molecule is CC.CC1=C(NC(=O)c2ccc(Cl)c(Cl)c2)C=CCCC1. The molecule has 1 amide bonds. The Morgan fingerprint density at radius 2 is 1.90 bits per heavy atom. The molecule has 0 aliphatic heterocycles. The van der Waals surface area contributed by atoms with E-state index in [1.807, 2.05) is 26.8 Å². The Morgan fingerprint density at radius 1 is 1.19 bits per heavy atom. The fraction of sp³-hybridized carbons (Fsp3) is 0.353. The van der Waals surface area contributed by atoms with E-state index >= 15 is 0 Å². The number of allylic oxidation sites excluding steroid dienone is 3. The quantitative estimate of drug-likeness (QED) is 0.735. The van der Waals surface area contributed by atoms with Gasteiger partial charge < -0.3 is 5.32 Å². The van der Waals surface area contributed by atoms with E-state index < -0.39 is 0 Å². The molecule has 114 valence electrons. The van der Waals surface area contributed by atoms with Crippen molar-refractivity contribution in [2.75, 3.05) is 0 Å². The van der Waals surface area contributed by atoms with Crippen LogP contribution in [0.25, 0.3) is 0 Å². The van der Waals surface area contributed by atoms with Crippen LogP contribution in [0.3, 0.4) is 0 Å². The number of carbonyl (C=O) groups excluding carboxylic acids is 1. The molecule has 1 N–H and O–H groups in total. The average molecular weight is 326 g/mol. The van der Waals surface area contributed by atoms with Gasteiger partial charge in [-0.3, -0.25) is 4.79 Å². The van der Waals surface area contributed by atoms with Crippen molar-refractivity contribution in [3.63, 3.8) is 0 Å². The first-order chi connectivity index (χ1) is 10.1. The average Bonchev–Trinajstić information content (AvgIpc) is 2.69. The maximum absolute atomic E-state index is 12.2. The highest BCUT2D eigenvalue weighted by molar-refractivity contribution is 6.42. The Bertz CT molecular complexity index is 562. The van der Waals surface area contributed by atoms with E-state index in [0.29, 0.717) is 15.6 Å². The van der Waals surface area contributed by atoms with Gasteiger partial charge in [0.2, 0.25) is 0 Å². The molecule has 0 atom stereocenters. The molecule has 1 aliphatic carbocycles. The van der Waals surface area contributed by atoms with Crippen LogP contribution in [0.5, 0.6) is 0 Å². The zero-order valence-electron chi connectivity index (χ0n) is 12.7. The highest BCUT2D eigenvalue weighted by Crippen LogP contribution is 2.23. The molecule has 0 heterocycles. The minimum atomic E-state index is -0.167. The highest BCUT2D eigenvalue weighted by Gasteiger charge is 2.11. The molecule has 1 aromatic rings. The van der Waals surface area contributed by atoms with E-state index in [-0.39, 0.29) is 5.91 Å². The highest BCUT2D eigenvalue weighted by atomic mass is 35.5. The number of hydrogen-bond acceptors (Lipinski definition) is 1. The van der Waals surface area contributed by atoms with E-state index in [4.69, 9.17) is 23.2 Å². The summed E-state index contributed by atoms with van der Waals surface area (Å²) in [6, 6.07) is 4.87. The molecule has 0 radical (unpaired) electrons. The van der Waals surface area contributed by atoms with Gasteiger partial charge in [0.25, 0.3) is 5.91 Å². The van der Waals surface area contributed by atoms with Gasteiger partial charge in [-0.25, -0.2) is 0 Å². The molecule has 0 aromatic heterocycles. The Morgan fingerprint density at radius 3 is 2.57 bits per heavy atom. The van der Waals surface area contributed by atoms with Gasteiger partial charge in [-0.1, -0.05) is 43.1 Å². The van der Waals surface area contributed by atoms with Crippen molar-refractivity contribution >= 4 is 29.1 Å². The largest absolute Gasteiger partial charge is 0.322 e. The number of amides is 1. The van der Waals surface area contributed by atoms with E-state index in [1.54, 1.807) is 18.2 Å². The summed E-state index contributed by atoms with van der Waals surface area (Å²) in [5, 5.41) is 3.76. The normalized spacial score (nSPS) is 14.1. The number of nitrogens with one attached hydrogen (secondary N) is 1. The van der Waals surface area contributed by atoms with Gasteiger partial charge in [0, 0.05) is 11.3 Å². The van der Waals surface area contributed by atoms with E-state index in [0.717, 1.165) is 25.0 Å². The third-order valence-electron chi connectivity index (χ3n) is 3.10. The lowest BCUT2D eigenvalue weighted by molar-refractivity contribution is 0.0966. The van der Waals surface area contributed by atoms with Crippen LogP contribution in [0.2, 0.25) is 10.0 Å². The summed E-state index contributed by atoms with van der Waals surface area (Å²) in [5.74, 6) is -0.167. The lowest BCUT2D eigenvalue weighted by Gasteiger charge is -2.09. The molecule has 0 bridgehead atoms. The summed E-state index contributed by atoms with van der Waals surface area (Å²) in [4.78, 5) is 12.2. The van der Waals surface area contributed by atoms with Crippen LogP contribution in [0, 0.1) is 0 Å². The minimum Gasteiger partial charge on any atom is -0.322 e. The molecule has 0 saturated heterocycles. The molecule has 1 aromatic carbocycles. The molecule has 0 spiro atoms. The van der Waals surface area contributed by atoms with Gasteiger partial charge in [-0.2, -0.15) is 0 Å². The number of halogens is 2. The summed E-state index contributed by atoms with van der Waals surface area (Å²) < 4.78 is 0. The van der Waals surface area contributed by atoms with Crippen molar-refractivity contribution in [2.45, 2.75) is 40.0 Å². The van der Waals surface area contributed by atoms with Crippen molar-refractivity contribution in [1.82, 2.24) is 5.32 Å². The Hall–Kier alpha value is -1.25. The fourth-order valence-electron chi connectivity index (χ4n) is 1.94. The van der Waals surface area contributed by atoms with Crippen LogP contribution in [0.15, 0.2) is 41.6 Å². The molecule has 0 saturated carbocycles. The smallest absolute Gasteiger partial charge is 0.255 e. The predicted octanol–water partition coefficient (Wildman–Crippen LogP) is 5.76. The molecule has 2 rings (SSSR count). The summed E-state index contributed by atoms with van der Waals surface area (Å²) in [6.45, 7) is 6.04. The van der Waals surface area contributed by atoms with Gasteiger partial charge >= 0.3 is 0 Å². The van der Waals surface area contributed by atoms with Crippen molar-refractivity contribution in [1.29, 1.82) is 0 Å². The van der Waals surface area contributed by atoms with Crippen LogP contribution >= 0.6 is 23.2 Å². The minimum absolute atomic E-state index is 0.167. The monoisotopic (exact) mass is 325 g/mol. The molecular weight excluding hydrogens is 305 g/mol. The lowest BCUT2D eigenvalue weighted by atomic mass is 10.1. The summed E-state index contributed by atoms with van der Waals surface area (Å²) in [7, 11) is 0. The predicted molar refractivity (Wildman–Crippen MR) is 91.0 cm³/mol. The Kier molecular flexibility index (Phi) is 7.55. The number of carbonyl (C=O) groups is 1. The molecule has 21 heavy (non-hydrogen) atoms. The van der Waals surface area contributed by atoms with Gasteiger partial charge in [-0.15, -0.1) is 0 Å². The van der Waals surface area contributed by atoms with Gasteiger partial charge in [0.05, 0.1) is 10.0 Å². The van der Waals surface area contributed by atoms with Crippen LogP contribution in [0.1, 0.15) is 50.4 Å². The first-order valence-corrected chi connectivity index (χ1v) is 7.96. The van der Waals surface area contributed by atoms with Gasteiger partial charge in [0.15, 0.2) is 0 Å². The zero-order valence-corrected chi connectivity index (χ0v) is 14.2. The Balaban J connectivity index is 0.00000106. The van der Waals surface area contributed by atoms with Crippen LogP contribution < -0.4 is 5.32 Å². The molecule has 4 heteroatoms. The molecule has 0 unspecified atom stereocenters. The van der Waals surface area contributed by atoms with Crippen LogP contribution in [0.4, 0.5) is 0 Å².